The normalized spacial score (nSPS) is 10.7. The number of thioether (sulfide) groups is 1. The predicted molar refractivity (Wildman–Crippen MR) is 68.8 cm³/mol. The molecule has 0 N–H and O–H groups in total. The lowest BCUT2D eigenvalue weighted by Crippen LogP contribution is -1.87. The summed E-state index contributed by atoms with van der Waals surface area (Å²) in [6.45, 7) is 0. The van der Waals surface area contributed by atoms with Gasteiger partial charge in [-0.3, -0.25) is 0 Å². The average Bonchev–Trinajstić information content (AvgIpc) is 2.76. The van der Waals surface area contributed by atoms with E-state index in [0.717, 1.165) is 10.6 Å². The molecule has 16 heavy (non-hydrogen) atoms. The fourth-order valence-corrected chi connectivity index (χ4v) is 3.15. The van der Waals surface area contributed by atoms with Crippen molar-refractivity contribution in [2.24, 2.45) is 0 Å². The number of hydrogen-bond donors (Lipinski definition) is 0. The minimum absolute atomic E-state index is 0.234. The van der Waals surface area contributed by atoms with Gasteiger partial charge in [0, 0.05) is 10.3 Å². The molecule has 1 heterocycles. The Hall–Kier alpha value is -0.580. The molecule has 1 aromatic heterocycles. The van der Waals surface area contributed by atoms with Gasteiger partial charge in [0.2, 0.25) is 0 Å². The first-order valence-electron chi connectivity index (χ1n) is 4.59. The van der Waals surface area contributed by atoms with Gasteiger partial charge in [-0.25, -0.2) is 9.37 Å². The third-order valence-corrected chi connectivity index (χ3v) is 4.06. The molecule has 0 saturated heterocycles. The Kier molecular flexibility index (Phi) is 3.84. The minimum atomic E-state index is -0.234. The van der Waals surface area contributed by atoms with Gasteiger partial charge in [-0.1, -0.05) is 6.07 Å². The van der Waals surface area contributed by atoms with Crippen LogP contribution < -0.4 is 0 Å². The molecule has 0 radical (unpaired) electrons. The highest BCUT2D eigenvalue weighted by molar-refractivity contribution is 7.98. The highest BCUT2D eigenvalue weighted by atomic mass is 35.5. The summed E-state index contributed by atoms with van der Waals surface area (Å²) in [4.78, 5) is 5.20. The number of rotatable bonds is 3. The second kappa shape index (κ2) is 5.17. The molecule has 5 heteroatoms. The monoisotopic (exact) mass is 273 g/mol. The van der Waals surface area contributed by atoms with Gasteiger partial charge in [-0.15, -0.1) is 34.7 Å². The zero-order chi connectivity index (χ0) is 11.5. The Bertz CT molecular complexity index is 498. The molecule has 0 aliphatic rings. The maximum Gasteiger partial charge on any atom is 0.134 e. The van der Waals surface area contributed by atoms with Crippen molar-refractivity contribution < 1.29 is 4.39 Å². The first-order chi connectivity index (χ1) is 7.76. The second-order valence-corrected chi connectivity index (χ2v) is 5.07. The maximum absolute atomic E-state index is 13.8. The SMILES string of the molecule is CSc1cccc(F)c1-c1nc(CCl)cs1. The van der Waals surface area contributed by atoms with E-state index in [0.29, 0.717) is 16.5 Å². The first-order valence-corrected chi connectivity index (χ1v) is 7.23. The van der Waals surface area contributed by atoms with Crippen LogP contribution in [0.25, 0.3) is 10.6 Å². The highest BCUT2D eigenvalue weighted by Gasteiger charge is 2.13. The van der Waals surface area contributed by atoms with E-state index in [-0.39, 0.29) is 5.82 Å². The first kappa shape index (κ1) is 11.9. The Balaban J connectivity index is 2.53. The summed E-state index contributed by atoms with van der Waals surface area (Å²) >= 11 is 8.62. The largest absolute Gasteiger partial charge is 0.240 e. The number of thiazole rings is 1. The van der Waals surface area contributed by atoms with Crippen molar-refractivity contribution in [2.75, 3.05) is 6.26 Å². The maximum atomic E-state index is 13.8. The van der Waals surface area contributed by atoms with E-state index in [1.54, 1.807) is 6.07 Å². The van der Waals surface area contributed by atoms with Gasteiger partial charge in [0.05, 0.1) is 17.1 Å². The van der Waals surface area contributed by atoms with Gasteiger partial charge < -0.3 is 0 Å². The van der Waals surface area contributed by atoms with Crippen molar-refractivity contribution in [2.45, 2.75) is 10.8 Å². The lowest BCUT2D eigenvalue weighted by atomic mass is 10.2. The summed E-state index contributed by atoms with van der Waals surface area (Å²) in [5.74, 6) is 0.127. The smallest absolute Gasteiger partial charge is 0.134 e. The molecular formula is C11H9ClFNS2. The Morgan fingerprint density at radius 1 is 1.50 bits per heavy atom. The van der Waals surface area contributed by atoms with Crippen LogP contribution in [-0.4, -0.2) is 11.2 Å². The summed E-state index contributed by atoms with van der Waals surface area (Å²) in [6, 6.07) is 5.06. The van der Waals surface area contributed by atoms with Crippen LogP contribution in [0.5, 0.6) is 0 Å². The van der Waals surface area contributed by atoms with Crippen LogP contribution in [-0.2, 0) is 5.88 Å². The van der Waals surface area contributed by atoms with Crippen molar-refractivity contribution in [1.82, 2.24) is 4.98 Å². The number of aromatic nitrogens is 1. The van der Waals surface area contributed by atoms with Crippen molar-refractivity contribution in [1.29, 1.82) is 0 Å². The van der Waals surface area contributed by atoms with Gasteiger partial charge in [-0.05, 0) is 18.4 Å². The van der Waals surface area contributed by atoms with Crippen molar-refractivity contribution >= 4 is 34.7 Å². The molecule has 0 saturated carbocycles. The van der Waals surface area contributed by atoms with Crippen molar-refractivity contribution in [3.8, 4) is 10.6 Å². The third kappa shape index (κ3) is 2.24. The molecule has 84 valence electrons. The summed E-state index contributed by atoms with van der Waals surface area (Å²) in [6.07, 6.45) is 1.92. The number of benzene rings is 1. The molecule has 0 bridgehead atoms. The quantitative estimate of drug-likeness (QED) is 0.607. The summed E-state index contributed by atoms with van der Waals surface area (Å²) < 4.78 is 13.8. The van der Waals surface area contributed by atoms with Gasteiger partial charge in [0.25, 0.3) is 0 Å². The van der Waals surface area contributed by atoms with E-state index < -0.39 is 0 Å². The van der Waals surface area contributed by atoms with E-state index >= 15 is 0 Å². The molecule has 0 aliphatic carbocycles. The van der Waals surface area contributed by atoms with Crippen LogP contribution >= 0.6 is 34.7 Å². The summed E-state index contributed by atoms with van der Waals surface area (Å²) in [5.41, 5.74) is 1.37. The molecular weight excluding hydrogens is 265 g/mol. The summed E-state index contributed by atoms with van der Waals surface area (Å²) in [7, 11) is 0. The van der Waals surface area contributed by atoms with Crippen LogP contribution in [0.4, 0.5) is 4.39 Å². The Labute approximate surface area is 107 Å². The number of nitrogens with zero attached hydrogens (tertiary/aromatic N) is 1. The zero-order valence-electron chi connectivity index (χ0n) is 8.54. The van der Waals surface area contributed by atoms with Gasteiger partial charge in [0.1, 0.15) is 10.8 Å². The van der Waals surface area contributed by atoms with E-state index in [9.17, 15) is 4.39 Å². The molecule has 0 fully saturated rings. The fraction of sp³-hybridized carbons (Fsp3) is 0.182. The molecule has 2 rings (SSSR count). The second-order valence-electron chi connectivity index (χ2n) is 3.09. The minimum Gasteiger partial charge on any atom is -0.240 e. The van der Waals surface area contributed by atoms with E-state index in [2.05, 4.69) is 4.98 Å². The van der Waals surface area contributed by atoms with E-state index in [1.165, 1.54) is 29.2 Å². The van der Waals surface area contributed by atoms with Gasteiger partial charge in [-0.2, -0.15) is 0 Å². The molecule has 0 atom stereocenters. The Morgan fingerprint density at radius 2 is 2.31 bits per heavy atom. The topological polar surface area (TPSA) is 12.9 Å². The van der Waals surface area contributed by atoms with Crippen LogP contribution in [0.15, 0.2) is 28.5 Å². The van der Waals surface area contributed by atoms with Crippen LogP contribution in [0.1, 0.15) is 5.69 Å². The third-order valence-electron chi connectivity index (χ3n) is 2.10. The highest BCUT2D eigenvalue weighted by Crippen LogP contribution is 2.34. The number of hydrogen-bond acceptors (Lipinski definition) is 3. The van der Waals surface area contributed by atoms with E-state index in [4.69, 9.17) is 11.6 Å². The molecule has 1 aromatic carbocycles. The zero-order valence-corrected chi connectivity index (χ0v) is 10.9. The number of halogens is 2. The molecule has 2 aromatic rings. The van der Waals surface area contributed by atoms with Gasteiger partial charge >= 0.3 is 0 Å². The van der Waals surface area contributed by atoms with Crippen LogP contribution in [0.2, 0.25) is 0 Å². The molecule has 0 spiro atoms. The predicted octanol–water partition coefficient (Wildman–Crippen LogP) is 4.41. The van der Waals surface area contributed by atoms with Gasteiger partial charge in [0.15, 0.2) is 0 Å². The fourth-order valence-electron chi connectivity index (χ4n) is 1.37. The number of alkyl halides is 1. The molecule has 0 amide bonds. The van der Waals surface area contributed by atoms with Crippen LogP contribution in [0, 0.1) is 5.82 Å². The Morgan fingerprint density at radius 3 is 2.94 bits per heavy atom. The van der Waals surface area contributed by atoms with Crippen molar-refractivity contribution in [3.63, 3.8) is 0 Å². The standard InChI is InChI=1S/C11H9ClFNS2/c1-15-9-4-2-3-8(13)10(9)11-14-7(5-12)6-16-11/h2-4,6H,5H2,1H3. The lowest BCUT2D eigenvalue weighted by molar-refractivity contribution is 0.628. The van der Waals surface area contributed by atoms with Crippen molar-refractivity contribution in [3.05, 3.63) is 35.1 Å². The molecule has 0 unspecified atom stereocenters. The summed E-state index contributed by atoms with van der Waals surface area (Å²) in [5, 5.41) is 2.55. The average molecular weight is 274 g/mol. The van der Waals surface area contributed by atoms with E-state index in [1.807, 2.05) is 17.7 Å². The molecule has 1 nitrogen and oxygen atoms in total. The lowest BCUT2D eigenvalue weighted by Gasteiger charge is -2.04. The molecule has 0 aliphatic heterocycles. The van der Waals surface area contributed by atoms with Crippen LogP contribution in [0.3, 0.4) is 0 Å².